The van der Waals surface area contributed by atoms with Crippen LogP contribution >= 0.6 is 11.6 Å². The van der Waals surface area contributed by atoms with Crippen LogP contribution in [0.25, 0.3) is 0 Å². The van der Waals surface area contributed by atoms with Crippen LogP contribution in [-0.2, 0) is 0 Å². The zero-order valence-corrected chi connectivity index (χ0v) is 10.7. The Labute approximate surface area is 106 Å². The number of nitrogens with two attached hydrogens (primary N) is 1. The second-order valence-corrected chi connectivity index (χ2v) is 4.67. The van der Waals surface area contributed by atoms with Crippen molar-refractivity contribution >= 4 is 23.2 Å². The molecule has 0 aliphatic heterocycles. The molecule has 1 atom stereocenters. The molecule has 4 nitrogen and oxygen atoms in total. The Bertz CT molecular complexity index is 407. The Kier molecular flexibility index (Phi) is 4.78. The van der Waals surface area contributed by atoms with E-state index in [1.807, 2.05) is 13.8 Å². The minimum Gasteiger partial charge on any atom is -0.399 e. The van der Waals surface area contributed by atoms with Crippen LogP contribution in [0, 0.1) is 5.92 Å². The van der Waals surface area contributed by atoms with Crippen LogP contribution in [0.5, 0.6) is 0 Å². The highest BCUT2D eigenvalue weighted by molar-refractivity contribution is 6.34. The molecule has 1 rings (SSSR count). The van der Waals surface area contributed by atoms with E-state index in [4.69, 9.17) is 17.3 Å². The molecule has 0 saturated carbocycles. The Morgan fingerprint density at radius 1 is 1.53 bits per heavy atom. The van der Waals surface area contributed by atoms with Crippen LogP contribution < -0.4 is 11.1 Å². The van der Waals surface area contributed by atoms with Gasteiger partial charge in [0.1, 0.15) is 0 Å². The van der Waals surface area contributed by atoms with Crippen LogP contribution in [0.3, 0.4) is 0 Å². The summed E-state index contributed by atoms with van der Waals surface area (Å²) in [6, 6.07) is 4.70. The van der Waals surface area contributed by atoms with E-state index in [2.05, 4.69) is 5.32 Å². The van der Waals surface area contributed by atoms with Crippen LogP contribution in [0.2, 0.25) is 5.02 Å². The van der Waals surface area contributed by atoms with Gasteiger partial charge in [-0.1, -0.05) is 25.4 Å². The molecule has 1 unspecified atom stereocenters. The van der Waals surface area contributed by atoms with Gasteiger partial charge in [0.05, 0.1) is 16.7 Å². The van der Waals surface area contributed by atoms with Gasteiger partial charge in [-0.2, -0.15) is 0 Å². The monoisotopic (exact) mass is 256 g/mol. The van der Waals surface area contributed by atoms with E-state index in [9.17, 15) is 9.90 Å². The van der Waals surface area contributed by atoms with Gasteiger partial charge >= 0.3 is 0 Å². The number of anilines is 1. The van der Waals surface area contributed by atoms with E-state index in [1.54, 1.807) is 12.1 Å². The summed E-state index contributed by atoms with van der Waals surface area (Å²) in [7, 11) is 0. The predicted octanol–water partition coefficient (Wildman–Crippen LogP) is 1.67. The average Bonchev–Trinajstić information content (AvgIpc) is 2.25. The van der Waals surface area contributed by atoms with Crippen LogP contribution in [0.4, 0.5) is 5.69 Å². The van der Waals surface area contributed by atoms with Crippen molar-refractivity contribution in [3.05, 3.63) is 28.8 Å². The number of hydrogen-bond donors (Lipinski definition) is 3. The minimum atomic E-state index is -0.563. The molecule has 1 aromatic carbocycles. The lowest BCUT2D eigenvalue weighted by Gasteiger charge is -2.15. The Morgan fingerprint density at radius 3 is 2.71 bits per heavy atom. The van der Waals surface area contributed by atoms with Crippen molar-refractivity contribution in [2.45, 2.75) is 20.0 Å². The lowest BCUT2D eigenvalue weighted by atomic mass is 10.1. The molecule has 4 N–H and O–H groups in total. The molecule has 1 aromatic rings. The van der Waals surface area contributed by atoms with Crippen LogP contribution in [0.1, 0.15) is 24.2 Å². The van der Waals surface area contributed by atoms with Gasteiger partial charge in [0, 0.05) is 12.2 Å². The zero-order valence-electron chi connectivity index (χ0n) is 9.90. The summed E-state index contributed by atoms with van der Waals surface area (Å²) in [5, 5.41) is 12.5. The van der Waals surface area contributed by atoms with Crippen LogP contribution in [-0.4, -0.2) is 23.7 Å². The van der Waals surface area contributed by atoms with E-state index in [0.29, 0.717) is 16.3 Å². The van der Waals surface area contributed by atoms with Gasteiger partial charge in [-0.05, 0) is 24.1 Å². The summed E-state index contributed by atoms with van der Waals surface area (Å²) in [4.78, 5) is 11.8. The first kappa shape index (κ1) is 13.8. The van der Waals surface area contributed by atoms with Crippen molar-refractivity contribution in [1.82, 2.24) is 5.32 Å². The number of amides is 1. The van der Waals surface area contributed by atoms with Crippen molar-refractivity contribution in [2.75, 3.05) is 12.3 Å². The van der Waals surface area contributed by atoms with Crippen molar-refractivity contribution in [2.24, 2.45) is 5.92 Å². The molecule has 0 bridgehead atoms. The van der Waals surface area contributed by atoms with Crippen LogP contribution in [0.15, 0.2) is 18.2 Å². The lowest BCUT2D eigenvalue weighted by molar-refractivity contribution is 0.0872. The third-order valence-corrected chi connectivity index (χ3v) is 2.79. The topological polar surface area (TPSA) is 75.3 Å². The maximum absolute atomic E-state index is 11.8. The lowest BCUT2D eigenvalue weighted by Crippen LogP contribution is -2.34. The van der Waals surface area contributed by atoms with E-state index in [-0.39, 0.29) is 18.4 Å². The first-order valence-corrected chi connectivity index (χ1v) is 5.81. The molecule has 94 valence electrons. The molecule has 0 saturated heterocycles. The normalized spacial score (nSPS) is 12.5. The summed E-state index contributed by atoms with van der Waals surface area (Å²) in [6.45, 7) is 3.97. The van der Waals surface area contributed by atoms with Gasteiger partial charge in [0.15, 0.2) is 0 Å². The van der Waals surface area contributed by atoms with E-state index in [0.717, 1.165) is 0 Å². The van der Waals surface area contributed by atoms with Gasteiger partial charge in [0.25, 0.3) is 5.91 Å². The summed E-state index contributed by atoms with van der Waals surface area (Å²) in [6.07, 6.45) is -0.563. The van der Waals surface area contributed by atoms with E-state index >= 15 is 0 Å². The Morgan fingerprint density at radius 2 is 2.18 bits per heavy atom. The molecule has 0 spiro atoms. The molecule has 0 fully saturated rings. The van der Waals surface area contributed by atoms with E-state index < -0.39 is 6.10 Å². The Hall–Kier alpha value is -1.26. The number of nitrogen functional groups attached to an aromatic ring is 1. The highest BCUT2D eigenvalue weighted by Crippen LogP contribution is 2.18. The van der Waals surface area contributed by atoms with Crippen molar-refractivity contribution in [3.63, 3.8) is 0 Å². The first-order chi connectivity index (χ1) is 7.91. The second-order valence-electron chi connectivity index (χ2n) is 4.26. The fraction of sp³-hybridized carbons (Fsp3) is 0.417. The smallest absolute Gasteiger partial charge is 0.252 e. The number of hydrogen-bond acceptors (Lipinski definition) is 3. The number of rotatable bonds is 4. The predicted molar refractivity (Wildman–Crippen MR) is 69.0 cm³/mol. The number of aliphatic hydroxyl groups excluding tert-OH is 1. The molecule has 0 aromatic heterocycles. The summed E-state index contributed by atoms with van der Waals surface area (Å²) < 4.78 is 0. The maximum Gasteiger partial charge on any atom is 0.252 e. The molecule has 1 amide bonds. The third-order valence-electron chi connectivity index (χ3n) is 2.48. The largest absolute Gasteiger partial charge is 0.399 e. The highest BCUT2D eigenvalue weighted by atomic mass is 35.5. The van der Waals surface area contributed by atoms with Gasteiger partial charge in [-0.15, -0.1) is 0 Å². The molecular formula is C12H17ClN2O2. The summed E-state index contributed by atoms with van der Waals surface area (Å²) in [5.74, 6) is -0.216. The molecule has 5 heteroatoms. The van der Waals surface area contributed by atoms with Gasteiger partial charge in [-0.25, -0.2) is 0 Å². The van der Waals surface area contributed by atoms with Crippen molar-refractivity contribution in [1.29, 1.82) is 0 Å². The SMILES string of the molecule is CC(C)C(O)CNC(=O)c1ccc(N)cc1Cl. The molecule has 0 aliphatic rings. The fourth-order valence-corrected chi connectivity index (χ4v) is 1.52. The Balaban J connectivity index is 2.64. The number of halogens is 1. The van der Waals surface area contributed by atoms with Crippen molar-refractivity contribution in [3.8, 4) is 0 Å². The number of carbonyl (C=O) groups is 1. The molecule has 17 heavy (non-hydrogen) atoms. The summed E-state index contributed by atoms with van der Waals surface area (Å²) in [5.41, 5.74) is 6.40. The number of nitrogens with one attached hydrogen (secondary N) is 1. The fourth-order valence-electron chi connectivity index (χ4n) is 1.24. The van der Waals surface area contributed by atoms with Gasteiger partial charge in [0.2, 0.25) is 0 Å². The zero-order chi connectivity index (χ0) is 13.0. The molecule has 0 aliphatic carbocycles. The molecule has 0 heterocycles. The molecule has 0 radical (unpaired) electrons. The standard InChI is InChI=1S/C12H17ClN2O2/c1-7(2)11(16)6-15-12(17)9-4-3-8(14)5-10(9)13/h3-5,7,11,16H,6,14H2,1-2H3,(H,15,17). The number of benzene rings is 1. The average molecular weight is 257 g/mol. The highest BCUT2D eigenvalue weighted by Gasteiger charge is 2.14. The quantitative estimate of drug-likeness (QED) is 0.718. The third kappa shape index (κ3) is 3.91. The van der Waals surface area contributed by atoms with Crippen molar-refractivity contribution < 1.29 is 9.90 Å². The number of aliphatic hydroxyl groups is 1. The molecular weight excluding hydrogens is 240 g/mol. The van der Waals surface area contributed by atoms with Gasteiger partial charge < -0.3 is 16.2 Å². The maximum atomic E-state index is 11.8. The number of carbonyl (C=O) groups excluding carboxylic acids is 1. The minimum absolute atomic E-state index is 0.0946. The van der Waals surface area contributed by atoms with E-state index in [1.165, 1.54) is 6.07 Å². The second kappa shape index (κ2) is 5.89. The van der Waals surface area contributed by atoms with Gasteiger partial charge in [-0.3, -0.25) is 4.79 Å². The first-order valence-electron chi connectivity index (χ1n) is 5.43. The summed E-state index contributed by atoms with van der Waals surface area (Å²) >= 11 is 5.90.